The van der Waals surface area contributed by atoms with Gasteiger partial charge in [-0.2, -0.15) is 5.10 Å². The van der Waals surface area contributed by atoms with Crippen LogP contribution in [0, 0.1) is 5.92 Å². The first-order chi connectivity index (χ1) is 9.24. The van der Waals surface area contributed by atoms with Gasteiger partial charge in [0.15, 0.2) is 5.17 Å². The molecule has 4 nitrogen and oxygen atoms in total. The van der Waals surface area contributed by atoms with Crippen molar-refractivity contribution in [1.82, 2.24) is 15.1 Å². The Morgan fingerprint density at radius 2 is 2.26 bits per heavy atom. The van der Waals surface area contributed by atoms with Crippen LogP contribution in [0.3, 0.4) is 0 Å². The molecule has 1 aromatic rings. The van der Waals surface area contributed by atoms with E-state index in [4.69, 9.17) is 0 Å². The van der Waals surface area contributed by atoms with Gasteiger partial charge in [0.05, 0.1) is 6.54 Å². The highest BCUT2D eigenvalue weighted by Gasteiger charge is 2.25. The number of nitrogens with one attached hydrogen (secondary N) is 1. The van der Waals surface area contributed by atoms with Gasteiger partial charge in [-0.3, -0.25) is 9.67 Å². The lowest BCUT2D eigenvalue weighted by atomic mass is 9.99. The van der Waals surface area contributed by atoms with Gasteiger partial charge in [-0.05, 0) is 12.0 Å². The van der Waals surface area contributed by atoms with Crippen molar-refractivity contribution in [3.8, 4) is 0 Å². The molecule has 1 aromatic heterocycles. The van der Waals surface area contributed by atoms with E-state index in [1.165, 1.54) is 18.5 Å². The van der Waals surface area contributed by atoms with Crippen LogP contribution in [0.15, 0.2) is 17.3 Å². The maximum Gasteiger partial charge on any atom is 0.156 e. The predicted molar refractivity (Wildman–Crippen MR) is 82.7 cm³/mol. The standard InChI is InChI=1S/C14H24N4S/c1-4-11(5-2)13-10-16-14(19-13)15-8-6-12-7-9-17-18(12)3/h7,9,11,13H,4-6,8,10H2,1-3H3,(H,15,16). The summed E-state index contributed by atoms with van der Waals surface area (Å²) in [5.74, 6) is 0.796. The zero-order valence-electron chi connectivity index (χ0n) is 12.1. The summed E-state index contributed by atoms with van der Waals surface area (Å²) in [5, 5.41) is 9.43. The minimum Gasteiger partial charge on any atom is -0.365 e. The Morgan fingerprint density at radius 3 is 2.89 bits per heavy atom. The van der Waals surface area contributed by atoms with E-state index in [9.17, 15) is 0 Å². The lowest BCUT2D eigenvalue weighted by molar-refractivity contribution is 0.479. The molecule has 1 atom stereocenters. The summed E-state index contributed by atoms with van der Waals surface area (Å²) < 4.78 is 1.93. The molecule has 0 saturated carbocycles. The topological polar surface area (TPSA) is 42.2 Å². The molecule has 0 bridgehead atoms. The summed E-state index contributed by atoms with van der Waals surface area (Å²) in [7, 11) is 1.99. The summed E-state index contributed by atoms with van der Waals surface area (Å²) >= 11 is 1.93. The van der Waals surface area contributed by atoms with Crippen LogP contribution >= 0.6 is 11.8 Å². The van der Waals surface area contributed by atoms with Gasteiger partial charge in [-0.25, -0.2) is 0 Å². The molecule has 0 spiro atoms. The highest BCUT2D eigenvalue weighted by Crippen LogP contribution is 2.30. The van der Waals surface area contributed by atoms with Crippen molar-refractivity contribution < 1.29 is 0 Å². The first-order valence-electron chi connectivity index (χ1n) is 7.16. The van der Waals surface area contributed by atoms with Crippen LogP contribution in [-0.4, -0.2) is 33.3 Å². The van der Waals surface area contributed by atoms with Crippen molar-refractivity contribution in [2.75, 3.05) is 13.1 Å². The summed E-state index contributed by atoms with van der Waals surface area (Å²) in [6.45, 7) is 6.47. The maximum atomic E-state index is 4.62. The number of hydrogen-bond donors (Lipinski definition) is 1. The van der Waals surface area contributed by atoms with Gasteiger partial charge in [0.25, 0.3) is 0 Å². The zero-order chi connectivity index (χ0) is 13.7. The molecular formula is C14H24N4S. The molecular weight excluding hydrogens is 256 g/mol. The Kier molecular flexibility index (Phi) is 5.31. The van der Waals surface area contributed by atoms with Crippen LogP contribution in [0.1, 0.15) is 32.4 Å². The molecule has 2 rings (SSSR count). The highest BCUT2D eigenvalue weighted by molar-refractivity contribution is 8.14. The lowest BCUT2D eigenvalue weighted by Crippen LogP contribution is -2.24. The average Bonchev–Trinajstić information content (AvgIpc) is 3.02. The van der Waals surface area contributed by atoms with Gasteiger partial charge in [0.2, 0.25) is 0 Å². The third-order valence-corrected chi connectivity index (χ3v) is 5.17. The summed E-state index contributed by atoms with van der Waals surface area (Å²) in [6, 6.07) is 2.07. The van der Waals surface area contributed by atoms with Gasteiger partial charge in [0, 0.05) is 37.2 Å². The van der Waals surface area contributed by atoms with Gasteiger partial charge in [-0.15, -0.1) is 0 Å². The molecule has 0 aromatic carbocycles. The Balaban J connectivity index is 1.72. The van der Waals surface area contributed by atoms with E-state index in [-0.39, 0.29) is 0 Å². The number of nitrogens with zero attached hydrogens (tertiary/aromatic N) is 3. The summed E-state index contributed by atoms with van der Waals surface area (Å²) in [5.41, 5.74) is 1.26. The van der Waals surface area contributed by atoms with E-state index >= 15 is 0 Å². The number of thioether (sulfide) groups is 1. The fourth-order valence-corrected chi connectivity index (χ4v) is 3.84. The van der Waals surface area contributed by atoms with Crippen molar-refractivity contribution in [3.63, 3.8) is 0 Å². The van der Waals surface area contributed by atoms with Crippen LogP contribution in [-0.2, 0) is 13.5 Å². The normalized spacial score (nSPS) is 18.9. The molecule has 0 amide bonds. The first-order valence-corrected chi connectivity index (χ1v) is 8.04. The highest BCUT2D eigenvalue weighted by atomic mass is 32.2. The summed E-state index contributed by atoms with van der Waals surface area (Å²) in [4.78, 5) is 4.62. The SMILES string of the molecule is CCC(CC)C1CN=C(NCCc2ccnn2C)S1. The minimum atomic E-state index is 0.675. The second kappa shape index (κ2) is 6.98. The number of rotatable bonds is 6. The van der Waals surface area contributed by atoms with Crippen molar-refractivity contribution in [2.45, 2.75) is 38.4 Å². The number of aromatic nitrogens is 2. The third kappa shape index (κ3) is 3.75. The number of aliphatic imine (C=N–C) groups is 1. The molecule has 1 unspecified atom stereocenters. The van der Waals surface area contributed by atoms with E-state index in [0.29, 0.717) is 5.25 Å². The molecule has 2 heterocycles. The number of amidine groups is 1. The second-order valence-corrected chi connectivity index (χ2v) is 6.23. The molecule has 1 aliphatic rings. The van der Waals surface area contributed by atoms with E-state index in [0.717, 1.165) is 30.6 Å². The summed E-state index contributed by atoms with van der Waals surface area (Å²) in [6.07, 6.45) is 5.35. The predicted octanol–water partition coefficient (Wildman–Crippen LogP) is 2.46. The van der Waals surface area contributed by atoms with Crippen LogP contribution < -0.4 is 5.32 Å². The van der Waals surface area contributed by atoms with Crippen molar-refractivity contribution in [1.29, 1.82) is 0 Å². The fourth-order valence-electron chi connectivity index (χ4n) is 2.49. The molecule has 0 saturated heterocycles. The van der Waals surface area contributed by atoms with E-state index < -0.39 is 0 Å². The Bertz CT molecular complexity index is 423. The molecule has 1 N–H and O–H groups in total. The van der Waals surface area contributed by atoms with Crippen LogP contribution in [0.5, 0.6) is 0 Å². The zero-order valence-corrected chi connectivity index (χ0v) is 12.9. The van der Waals surface area contributed by atoms with Crippen LogP contribution in [0.2, 0.25) is 0 Å². The fraction of sp³-hybridized carbons (Fsp3) is 0.714. The average molecular weight is 280 g/mol. The molecule has 0 aliphatic carbocycles. The van der Waals surface area contributed by atoms with E-state index in [2.05, 4.69) is 35.3 Å². The Hall–Kier alpha value is -0.970. The molecule has 0 radical (unpaired) electrons. The lowest BCUT2D eigenvalue weighted by Gasteiger charge is -2.18. The molecule has 19 heavy (non-hydrogen) atoms. The smallest absolute Gasteiger partial charge is 0.156 e. The minimum absolute atomic E-state index is 0.675. The van der Waals surface area contributed by atoms with Gasteiger partial charge < -0.3 is 5.32 Å². The van der Waals surface area contributed by atoms with Crippen LogP contribution in [0.4, 0.5) is 0 Å². The number of aryl methyl sites for hydroxylation is 1. The van der Waals surface area contributed by atoms with Gasteiger partial charge >= 0.3 is 0 Å². The quantitative estimate of drug-likeness (QED) is 0.870. The maximum absolute atomic E-state index is 4.62. The second-order valence-electron chi connectivity index (χ2n) is 5.00. The van der Waals surface area contributed by atoms with Crippen molar-refractivity contribution in [2.24, 2.45) is 18.0 Å². The Morgan fingerprint density at radius 1 is 1.47 bits per heavy atom. The molecule has 106 valence electrons. The van der Waals surface area contributed by atoms with Gasteiger partial charge in [-0.1, -0.05) is 38.5 Å². The van der Waals surface area contributed by atoms with E-state index in [1.54, 1.807) is 0 Å². The first kappa shape index (κ1) is 14.4. The Labute approximate surface area is 120 Å². The molecule has 0 fully saturated rings. The van der Waals surface area contributed by atoms with Gasteiger partial charge in [0.1, 0.15) is 0 Å². The van der Waals surface area contributed by atoms with Crippen molar-refractivity contribution in [3.05, 3.63) is 18.0 Å². The molecule has 5 heteroatoms. The van der Waals surface area contributed by atoms with E-state index in [1.807, 2.05) is 29.7 Å². The number of hydrogen-bond acceptors (Lipinski definition) is 4. The molecule has 1 aliphatic heterocycles. The van der Waals surface area contributed by atoms with Crippen LogP contribution in [0.25, 0.3) is 0 Å². The largest absolute Gasteiger partial charge is 0.365 e. The monoisotopic (exact) mass is 280 g/mol. The van der Waals surface area contributed by atoms with Crippen molar-refractivity contribution >= 4 is 16.9 Å². The third-order valence-electron chi connectivity index (χ3n) is 3.83.